The van der Waals surface area contributed by atoms with E-state index in [1.54, 1.807) is 12.1 Å². The molecular weight excluding hydrogens is 651 g/mol. The van der Waals surface area contributed by atoms with Gasteiger partial charge >= 0.3 is 0 Å². The lowest BCUT2D eigenvalue weighted by Crippen LogP contribution is -2.48. The molecule has 0 radical (unpaired) electrons. The van der Waals surface area contributed by atoms with Gasteiger partial charge in [0.05, 0.1) is 5.92 Å². The summed E-state index contributed by atoms with van der Waals surface area (Å²) < 4.78 is 13.0. The number of amides is 4. The fourth-order valence-electron chi connectivity index (χ4n) is 5.29. The van der Waals surface area contributed by atoms with Crippen LogP contribution in [0.5, 0.6) is 5.75 Å². The summed E-state index contributed by atoms with van der Waals surface area (Å²) in [7, 11) is 0. The van der Waals surface area contributed by atoms with E-state index in [1.807, 2.05) is 60.7 Å². The van der Waals surface area contributed by atoms with Crippen LogP contribution in [0.3, 0.4) is 0 Å². The number of aliphatic imine (C=N–C) groups is 1. The third-order valence-electron chi connectivity index (χ3n) is 7.99. The highest BCUT2D eigenvalue weighted by atomic mass is 19.1. The van der Waals surface area contributed by atoms with Crippen LogP contribution in [-0.2, 0) is 20.9 Å². The van der Waals surface area contributed by atoms with Crippen LogP contribution >= 0.6 is 0 Å². The first-order valence-corrected chi connectivity index (χ1v) is 16.8. The maximum atomic E-state index is 13.8. The number of unbranched alkanes of at least 4 members (excludes halogenated alkanes) is 1. The molecule has 0 unspecified atom stereocenters. The van der Waals surface area contributed by atoms with E-state index in [-0.39, 0.29) is 61.3 Å². The number of carbonyl (C=O) groups excluding carboxylic acids is 4. The van der Waals surface area contributed by atoms with Crippen molar-refractivity contribution in [1.82, 2.24) is 21.3 Å². The minimum atomic E-state index is -0.890. The lowest BCUT2D eigenvalue weighted by Gasteiger charge is -2.23. The summed E-state index contributed by atoms with van der Waals surface area (Å²) in [5.74, 6) is -2.37. The summed E-state index contributed by atoms with van der Waals surface area (Å²) >= 11 is 0. The molecule has 51 heavy (non-hydrogen) atoms. The number of nitrogens with one attached hydrogen (secondary N) is 4. The van der Waals surface area contributed by atoms with Gasteiger partial charge in [-0.05, 0) is 78.8 Å². The van der Waals surface area contributed by atoms with Crippen molar-refractivity contribution in [2.75, 3.05) is 13.1 Å². The van der Waals surface area contributed by atoms with Crippen LogP contribution in [0.25, 0.3) is 0 Å². The number of hydrogen-bond acceptors (Lipinski definition) is 6. The summed E-state index contributed by atoms with van der Waals surface area (Å²) in [6, 6.07) is 29.5. The highest BCUT2D eigenvalue weighted by Crippen LogP contribution is 2.25. The number of nitrogens with two attached hydrogens (primary N) is 1. The molecule has 12 heteroatoms. The molecule has 0 saturated carbocycles. The van der Waals surface area contributed by atoms with E-state index in [2.05, 4.69) is 26.3 Å². The first kappa shape index (κ1) is 37.8. The second-order valence-corrected chi connectivity index (χ2v) is 11.9. The molecule has 0 saturated heterocycles. The number of phenols is 1. The van der Waals surface area contributed by atoms with Gasteiger partial charge in [-0.15, -0.1) is 0 Å². The van der Waals surface area contributed by atoms with Crippen LogP contribution in [0, 0.1) is 5.82 Å². The zero-order valence-corrected chi connectivity index (χ0v) is 28.2. The molecule has 0 heterocycles. The number of rotatable bonds is 17. The number of carbonyl (C=O) groups is 4. The quantitative estimate of drug-likeness (QED) is 0.0547. The fourth-order valence-corrected chi connectivity index (χ4v) is 5.29. The zero-order chi connectivity index (χ0) is 36.4. The maximum absolute atomic E-state index is 13.8. The number of nitrogens with zero attached hydrogens (tertiary/aromatic N) is 1. The standard InChI is InChI=1S/C39H43FN6O5/c40-31-20-18-30(19-21-31)36(49)42-24-8-7-15-34(48)46-39(41)43-25-9-14-33(37(50)44-26-27-16-22-32(47)23-17-27)45-38(51)35(28-10-3-1-4-11-28)29-12-5-2-6-13-29/h1-6,10-13,16-23,33,35,47H,7-9,14-15,24-26H2,(H,42,49)(H,44,50)(H,45,51)(H3,41,43,46,48)/t33-/m1/s1. The fraction of sp³-hybridized carbons (Fsp3) is 0.256. The molecule has 0 fully saturated rings. The number of benzene rings is 4. The first-order chi connectivity index (χ1) is 24.7. The van der Waals surface area contributed by atoms with Crippen LogP contribution in [0.2, 0.25) is 0 Å². The van der Waals surface area contributed by atoms with Gasteiger partial charge in [-0.25, -0.2) is 4.39 Å². The Labute approximate surface area is 296 Å². The number of phenolic OH excluding ortho intramolecular Hbond substituents is 1. The van der Waals surface area contributed by atoms with Gasteiger partial charge in [-0.1, -0.05) is 72.8 Å². The van der Waals surface area contributed by atoms with Crippen LogP contribution < -0.4 is 27.0 Å². The van der Waals surface area contributed by atoms with Crippen molar-refractivity contribution in [3.05, 3.63) is 137 Å². The van der Waals surface area contributed by atoms with Crippen molar-refractivity contribution < 1.29 is 28.7 Å². The molecule has 266 valence electrons. The van der Waals surface area contributed by atoms with E-state index in [0.717, 1.165) is 16.7 Å². The van der Waals surface area contributed by atoms with E-state index in [1.165, 1.54) is 36.4 Å². The molecule has 4 aromatic rings. The molecule has 1 atom stereocenters. The topological polar surface area (TPSA) is 175 Å². The number of hydrogen-bond donors (Lipinski definition) is 6. The van der Waals surface area contributed by atoms with Crippen molar-refractivity contribution in [1.29, 1.82) is 0 Å². The van der Waals surface area contributed by atoms with Crippen molar-refractivity contribution in [3.8, 4) is 5.75 Å². The van der Waals surface area contributed by atoms with Crippen molar-refractivity contribution >= 4 is 29.6 Å². The molecule has 11 nitrogen and oxygen atoms in total. The van der Waals surface area contributed by atoms with E-state index in [4.69, 9.17) is 5.73 Å². The van der Waals surface area contributed by atoms with Crippen LogP contribution in [-0.4, -0.2) is 53.8 Å². The van der Waals surface area contributed by atoms with Gasteiger partial charge in [0, 0.05) is 31.6 Å². The lowest BCUT2D eigenvalue weighted by molar-refractivity contribution is -0.129. The predicted molar refractivity (Wildman–Crippen MR) is 193 cm³/mol. The third kappa shape index (κ3) is 12.7. The molecule has 0 bridgehead atoms. The number of halogens is 1. The van der Waals surface area contributed by atoms with Crippen LogP contribution in [0.15, 0.2) is 114 Å². The van der Waals surface area contributed by atoms with E-state index >= 15 is 0 Å². The van der Waals surface area contributed by atoms with Gasteiger partial charge < -0.3 is 26.8 Å². The molecule has 0 spiro atoms. The second-order valence-electron chi connectivity index (χ2n) is 11.9. The Hall–Kier alpha value is -6.04. The smallest absolute Gasteiger partial charge is 0.251 e. The lowest BCUT2D eigenvalue weighted by atomic mass is 9.90. The maximum Gasteiger partial charge on any atom is 0.251 e. The van der Waals surface area contributed by atoms with E-state index in [9.17, 15) is 28.7 Å². The van der Waals surface area contributed by atoms with Crippen LogP contribution in [0.1, 0.15) is 65.1 Å². The van der Waals surface area contributed by atoms with Crippen LogP contribution in [0.4, 0.5) is 4.39 Å². The van der Waals surface area contributed by atoms with E-state index < -0.39 is 17.8 Å². The Morgan fingerprint density at radius 2 is 1.37 bits per heavy atom. The Morgan fingerprint density at radius 3 is 2.00 bits per heavy atom. The number of aromatic hydroxyl groups is 1. The van der Waals surface area contributed by atoms with Gasteiger partial charge in [0.25, 0.3) is 5.91 Å². The summed E-state index contributed by atoms with van der Waals surface area (Å²) in [5.41, 5.74) is 8.64. The highest BCUT2D eigenvalue weighted by Gasteiger charge is 2.27. The SMILES string of the molecule is NC(=NCCC[C@@H](NC(=O)C(c1ccccc1)c1ccccc1)C(=O)NCc1ccc(O)cc1)NC(=O)CCCCNC(=O)c1ccc(F)cc1. The average molecular weight is 695 g/mol. The zero-order valence-electron chi connectivity index (χ0n) is 28.2. The van der Waals surface area contributed by atoms with Gasteiger partial charge in [0.1, 0.15) is 17.6 Å². The van der Waals surface area contributed by atoms with Gasteiger partial charge in [0.15, 0.2) is 5.96 Å². The molecule has 4 rings (SSSR count). The average Bonchev–Trinajstić information content (AvgIpc) is 3.13. The van der Waals surface area contributed by atoms with Crippen molar-refractivity contribution in [2.45, 2.75) is 50.6 Å². The molecule has 0 aliphatic rings. The summed E-state index contributed by atoms with van der Waals surface area (Å²) in [6.07, 6.45) is 1.84. The molecule has 0 aromatic heterocycles. The monoisotopic (exact) mass is 694 g/mol. The highest BCUT2D eigenvalue weighted by molar-refractivity contribution is 5.96. The van der Waals surface area contributed by atoms with Crippen molar-refractivity contribution in [3.63, 3.8) is 0 Å². The summed E-state index contributed by atoms with van der Waals surface area (Å²) in [6.45, 7) is 0.745. The Morgan fingerprint density at radius 1 is 0.745 bits per heavy atom. The van der Waals surface area contributed by atoms with Gasteiger partial charge in [0.2, 0.25) is 17.7 Å². The van der Waals surface area contributed by atoms with E-state index in [0.29, 0.717) is 31.4 Å². The molecule has 7 N–H and O–H groups in total. The predicted octanol–water partition coefficient (Wildman–Crippen LogP) is 4.28. The molecule has 4 aromatic carbocycles. The molecule has 0 aliphatic carbocycles. The first-order valence-electron chi connectivity index (χ1n) is 16.8. The van der Waals surface area contributed by atoms with Gasteiger partial charge in [-0.2, -0.15) is 0 Å². The molecular formula is C39H43FN6O5. The second kappa shape index (κ2) is 19.8. The normalized spacial score (nSPS) is 11.8. The van der Waals surface area contributed by atoms with Gasteiger partial charge in [-0.3, -0.25) is 29.5 Å². The molecule has 0 aliphatic heterocycles. The Balaban J connectivity index is 1.29. The Bertz CT molecular complexity index is 1710. The third-order valence-corrected chi connectivity index (χ3v) is 7.99. The Kier molecular flexibility index (Phi) is 14.7. The summed E-state index contributed by atoms with van der Waals surface area (Å²) in [5, 5.41) is 20.7. The number of guanidine groups is 1. The minimum Gasteiger partial charge on any atom is -0.508 e. The molecule has 4 amide bonds. The summed E-state index contributed by atoms with van der Waals surface area (Å²) in [4.78, 5) is 55.9. The largest absolute Gasteiger partial charge is 0.508 e. The minimum absolute atomic E-state index is 0.0600. The van der Waals surface area contributed by atoms with Crippen molar-refractivity contribution in [2.24, 2.45) is 10.7 Å².